The molecule has 1 aliphatic heterocycles. The van der Waals surface area contributed by atoms with E-state index in [0.29, 0.717) is 16.3 Å². The Balaban J connectivity index is 1.56. The number of piperidine rings is 1. The summed E-state index contributed by atoms with van der Waals surface area (Å²) >= 11 is 5.82. The number of nitrogens with one attached hydrogen (secondary N) is 1. The molecule has 0 bridgehead atoms. The lowest BCUT2D eigenvalue weighted by molar-refractivity contribution is -0.148. The Morgan fingerprint density at radius 1 is 1.12 bits per heavy atom. The molecular formula is C22H25ClN2O7S. The molecule has 1 fully saturated rings. The van der Waals surface area contributed by atoms with Crippen LogP contribution in [-0.4, -0.2) is 62.2 Å². The summed E-state index contributed by atoms with van der Waals surface area (Å²) < 4.78 is 36.8. The summed E-state index contributed by atoms with van der Waals surface area (Å²) in [4.78, 5) is 39.9. The van der Waals surface area contributed by atoms with E-state index in [2.05, 4.69) is 4.98 Å². The molecule has 0 unspecified atom stereocenters. The number of ketones is 1. The number of nitrogens with zero attached hydrogens (tertiary/aromatic N) is 1. The third-order valence-electron chi connectivity index (χ3n) is 5.69. The molecule has 1 aromatic carbocycles. The lowest BCUT2D eigenvalue weighted by Gasteiger charge is -2.30. The molecule has 3 rings (SSSR count). The van der Waals surface area contributed by atoms with E-state index in [1.807, 2.05) is 0 Å². The van der Waals surface area contributed by atoms with Crippen LogP contribution >= 0.6 is 11.6 Å². The fourth-order valence-corrected chi connectivity index (χ4v) is 5.45. The highest BCUT2D eigenvalue weighted by Gasteiger charge is 2.33. The largest absolute Gasteiger partial charge is 0.465 e. The number of hydrogen-bond acceptors (Lipinski definition) is 7. The van der Waals surface area contributed by atoms with Gasteiger partial charge in [0.2, 0.25) is 15.8 Å². The van der Waals surface area contributed by atoms with Crippen molar-refractivity contribution in [3.05, 3.63) is 51.8 Å². The van der Waals surface area contributed by atoms with Crippen molar-refractivity contribution in [2.45, 2.75) is 31.6 Å². The fourth-order valence-electron chi connectivity index (χ4n) is 3.85. The van der Waals surface area contributed by atoms with Gasteiger partial charge in [0.05, 0.1) is 29.2 Å². The van der Waals surface area contributed by atoms with Gasteiger partial charge in [-0.05, 0) is 56.5 Å². The molecule has 11 heteroatoms. The second-order valence-corrected chi connectivity index (χ2v) is 10.2. The number of H-pyrrole nitrogens is 1. The van der Waals surface area contributed by atoms with E-state index in [4.69, 9.17) is 21.1 Å². The zero-order chi connectivity index (χ0) is 24.3. The number of carbonyl (C=O) groups excluding carboxylic acids is 3. The van der Waals surface area contributed by atoms with Gasteiger partial charge in [-0.25, -0.2) is 13.2 Å². The Kier molecular flexibility index (Phi) is 7.61. The first-order chi connectivity index (χ1) is 15.6. The molecule has 2 aromatic rings. The molecule has 0 saturated carbocycles. The Morgan fingerprint density at radius 2 is 1.73 bits per heavy atom. The normalized spacial score (nSPS) is 15.3. The molecule has 0 amide bonds. The number of aromatic nitrogens is 1. The van der Waals surface area contributed by atoms with Crippen LogP contribution in [0.3, 0.4) is 0 Å². The van der Waals surface area contributed by atoms with Gasteiger partial charge in [-0.15, -0.1) is 0 Å². The molecule has 33 heavy (non-hydrogen) atoms. The summed E-state index contributed by atoms with van der Waals surface area (Å²) in [6, 6.07) is 5.91. The minimum absolute atomic E-state index is 0.140. The number of ether oxygens (including phenoxy) is 2. The lowest BCUT2D eigenvalue weighted by Crippen LogP contribution is -2.40. The smallest absolute Gasteiger partial charge is 0.339 e. The number of halogens is 1. The third kappa shape index (κ3) is 5.29. The number of methoxy groups -OCH3 is 1. The highest BCUT2D eigenvalue weighted by atomic mass is 35.5. The van der Waals surface area contributed by atoms with Crippen LogP contribution in [0.2, 0.25) is 5.02 Å². The van der Waals surface area contributed by atoms with Crippen LogP contribution in [0.5, 0.6) is 0 Å². The van der Waals surface area contributed by atoms with E-state index in [0.717, 1.165) is 0 Å². The van der Waals surface area contributed by atoms with Crippen LogP contribution in [0.25, 0.3) is 0 Å². The quantitative estimate of drug-likeness (QED) is 0.461. The van der Waals surface area contributed by atoms with E-state index in [1.165, 1.54) is 35.7 Å². The summed E-state index contributed by atoms with van der Waals surface area (Å²) in [5, 5.41) is 0.441. The van der Waals surface area contributed by atoms with Gasteiger partial charge in [-0.2, -0.15) is 4.31 Å². The van der Waals surface area contributed by atoms with Crippen molar-refractivity contribution < 1.29 is 32.3 Å². The summed E-state index contributed by atoms with van der Waals surface area (Å²) in [7, 11) is -2.43. The van der Waals surface area contributed by atoms with Crippen LogP contribution in [-0.2, 0) is 24.3 Å². The summed E-state index contributed by atoms with van der Waals surface area (Å²) in [6.07, 6.45) is 0.569. The van der Waals surface area contributed by atoms with Crippen LogP contribution < -0.4 is 0 Å². The second kappa shape index (κ2) is 10.1. The Morgan fingerprint density at radius 3 is 2.30 bits per heavy atom. The van der Waals surface area contributed by atoms with Gasteiger partial charge < -0.3 is 14.5 Å². The van der Waals surface area contributed by atoms with Gasteiger partial charge in [-0.1, -0.05) is 11.6 Å². The molecule has 178 valence electrons. The van der Waals surface area contributed by atoms with Gasteiger partial charge in [0.25, 0.3) is 0 Å². The van der Waals surface area contributed by atoms with Gasteiger partial charge in [0, 0.05) is 23.8 Å². The number of rotatable bonds is 7. The van der Waals surface area contributed by atoms with Crippen LogP contribution in [0.15, 0.2) is 29.2 Å². The maximum Gasteiger partial charge on any atom is 0.339 e. The SMILES string of the molecule is COC(=O)c1c(C)[nH]c(C(=O)COC(=O)C2CCN(S(=O)(=O)c3ccc(Cl)cc3)CC2)c1C. The highest BCUT2D eigenvalue weighted by Crippen LogP contribution is 2.26. The first-order valence-corrected chi connectivity index (χ1v) is 12.1. The number of benzene rings is 1. The third-order valence-corrected chi connectivity index (χ3v) is 7.85. The van der Waals surface area contributed by atoms with Gasteiger partial charge >= 0.3 is 11.9 Å². The number of aryl methyl sites for hydroxylation is 1. The minimum Gasteiger partial charge on any atom is -0.465 e. The lowest BCUT2D eigenvalue weighted by atomic mass is 9.98. The predicted molar refractivity (Wildman–Crippen MR) is 120 cm³/mol. The number of esters is 2. The van der Waals surface area contributed by atoms with E-state index < -0.39 is 40.3 Å². The summed E-state index contributed by atoms with van der Waals surface area (Å²) in [5.74, 6) is -2.09. The summed E-state index contributed by atoms with van der Waals surface area (Å²) in [6.45, 7) is 3.10. The molecule has 2 heterocycles. The topological polar surface area (TPSA) is 123 Å². The van der Waals surface area contributed by atoms with Crippen molar-refractivity contribution in [3.8, 4) is 0 Å². The maximum absolute atomic E-state index is 12.8. The molecule has 1 aliphatic rings. The van der Waals surface area contributed by atoms with Crippen molar-refractivity contribution in [2.24, 2.45) is 5.92 Å². The van der Waals surface area contributed by atoms with E-state index >= 15 is 0 Å². The molecule has 1 aromatic heterocycles. The number of hydrogen-bond donors (Lipinski definition) is 1. The van der Waals surface area contributed by atoms with Crippen LogP contribution in [0.4, 0.5) is 0 Å². The standard InChI is InChI=1S/C22H25ClN2O7S/c1-13-19(22(28)31-3)14(2)24-20(13)18(26)12-32-21(27)15-8-10-25(11-9-15)33(29,30)17-6-4-16(23)5-7-17/h4-7,15,24H,8-12H2,1-3H3. The fraction of sp³-hybridized carbons (Fsp3) is 0.409. The van der Waals surface area contributed by atoms with Gasteiger partial charge in [-0.3, -0.25) is 9.59 Å². The van der Waals surface area contributed by atoms with Crippen LogP contribution in [0.1, 0.15) is 44.9 Å². The van der Waals surface area contributed by atoms with E-state index in [1.54, 1.807) is 13.8 Å². The number of aromatic amines is 1. The molecule has 1 N–H and O–H groups in total. The average molecular weight is 497 g/mol. The number of Topliss-reactive ketones (excluding diaryl/α,β-unsaturated/α-hetero) is 1. The predicted octanol–water partition coefficient (Wildman–Crippen LogP) is 2.90. The molecule has 0 aliphatic carbocycles. The van der Waals surface area contributed by atoms with E-state index in [9.17, 15) is 22.8 Å². The van der Waals surface area contributed by atoms with Crippen molar-refractivity contribution >= 4 is 39.3 Å². The molecular weight excluding hydrogens is 472 g/mol. The molecule has 9 nitrogen and oxygen atoms in total. The monoisotopic (exact) mass is 496 g/mol. The zero-order valence-corrected chi connectivity index (χ0v) is 20.1. The van der Waals surface area contributed by atoms with Gasteiger partial charge in [0.1, 0.15) is 0 Å². The first-order valence-electron chi connectivity index (χ1n) is 10.3. The Bertz CT molecular complexity index is 1160. The average Bonchev–Trinajstić information content (AvgIpc) is 3.11. The molecule has 0 atom stereocenters. The highest BCUT2D eigenvalue weighted by molar-refractivity contribution is 7.89. The zero-order valence-electron chi connectivity index (χ0n) is 18.5. The second-order valence-electron chi connectivity index (χ2n) is 7.78. The molecule has 1 saturated heterocycles. The van der Waals surface area contributed by atoms with Gasteiger partial charge in [0.15, 0.2) is 6.61 Å². The number of sulfonamides is 1. The van der Waals surface area contributed by atoms with E-state index in [-0.39, 0.29) is 42.1 Å². The number of carbonyl (C=O) groups is 3. The van der Waals surface area contributed by atoms with Crippen molar-refractivity contribution in [3.63, 3.8) is 0 Å². The van der Waals surface area contributed by atoms with Crippen molar-refractivity contribution in [1.82, 2.24) is 9.29 Å². The maximum atomic E-state index is 12.8. The van der Waals surface area contributed by atoms with Crippen molar-refractivity contribution in [1.29, 1.82) is 0 Å². The summed E-state index contributed by atoms with van der Waals surface area (Å²) in [5.41, 5.74) is 1.38. The molecule has 0 spiro atoms. The Hall–Kier alpha value is -2.69. The Labute approximate surface area is 197 Å². The van der Waals surface area contributed by atoms with Crippen molar-refractivity contribution in [2.75, 3.05) is 26.8 Å². The van der Waals surface area contributed by atoms with Crippen LogP contribution in [0, 0.1) is 19.8 Å². The molecule has 0 radical (unpaired) electrons. The first kappa shape index (κ1) is 24.9. The minimum atomic E-state index is -3.68.